The van der Waals surface area contributed by atoms with Crippen LogP contribution in [0.25, 0.3) is 21.8 Å². The summed E-state index contributed by atoms with van der Waals surface area (Å²) in [5, 5.41) is 2.63. The van der Waals surface area contributed by atoms with Crippen molar-refractivity contribution in [1.29, 1.82) is 0 Å². The highest BCUT2D eigenvalue weighted by atomic mass is 127. The molecule has 1 heterocycles. The Labute approximate surface area is 102 Å². The van der Waals surface area contributed by atoms with Crippen LogP contribution in [-0.2, 0) is 0 Å². The average Bonchev–Trinajstić information content (AvgIpc) is 2.54. The van der Waals surface area contributed by atoms with E-state index in [0.29, 0.717) is 0 Å². The smallest absolute Gasteiger partial charge is 0.0467 e. The molecule has 0 atom stereocenters. The van der Waals surface area contributed by atoms with Crippen LogP contribution in [0.4, 0.5) is 0 Å². The van der Waals surface area contributed by atoms with E-state index in [4.69, 9.17) is 0 Å². The molecule has 3 aromatic rings. The number of rotatable bonds is 0. The Morgan fingerprint density at radius 2 is 1.80 bits per heavy atom. The Balaban J connectivity index is 2.53. The van der Waals surface area contributed by atoms with Crippen molar-refractivity contribution in [2.45, 2.75) is 6.92 Å². The molecule has 0 spiro atoms. The summed E-state index contributed by atoms with van der Waals surface area (Å²) in [5.41, 5.74) is 3.74. The van der Waals surface area contributed by atoms with Crippen molar-refractivity contribution in [3.05, 3.63) is 45.5 Å². The van der Waals surface area contributed by atoms with Gasteiger partial charge < -0.3 is 4.98 Å². The van der Waals surface area contributed by atoms with Crippen molar-refractivity contribution in [3.63, 3.8) is 0 Å². The maximum absolute atomic E-state index is 3.44. The van der Waals surface area contributed by atoms with Crippen molar-refractivity contribution < 1.29 is 0 Å². The second kappa shape index (κ2) is 3.23. The number of aryl methyl sites for hydroxylation is 1. The normalized spacial score (nSPS) is 11.3. The van der Waals surface area contributed by atoms with Crippen LogP contribution in [0.1, 0.15) is 5.56 Å². The van der Waals surface area contributed by atoms with Crippen LogP contribution in [0, 0.1) is 10.5 Å². The van der Waals surface area contributed by atoms with E-state index in [-0.39, 0.29) is 0 Å². The Morgan fingerprint density at radius 1 is 0.933 bits per heavy atom. The molecule has 1 nitrogen and oxygen atoms in total. The lowest BCUT2D eigenvalue weighted by atomic mass is 10.1. The number of halogens is 1. The first-order valence-electron chi connectivity index (χ1n) is 4.92. The van der Waals surface area contributed by atoms with Crippen LogP contribution in [0.15, 0.2) is 36.4 Å². The molecule has 0 bridgehead atoms. The fraction of sp³-hybridized carbons (Fsp3) is 0.0769. The lowest BCUT2D eigenvalue weighted by Crippen LogP contribution is -1.71. The topological polar surface area (TPSA) is 15.8 Å². The minimum atomic E-state index is 1.22. The SMILES string of the molecule is Cc1ccc2c(c1)[nH]c1ccc(I)cc12. The minimum Gasteiger partial charge on any atom is -0.355 e. The van der Waals surface area contributed by atoms with Gasteiger partial charge in [-0.3, -0.25) is 0 Å². The van der Waals surface area contributed by atoms with Gasteiger partial charge in [-0.05, 0) is 59.3 Å². The van der Waals surface area contributed by atoms with E-state index in [0.717, 1.165) is 0 Å². The molecule has 0 fully saturated rings. The van der Waals surface area contributed by atoms with Gasteiger partial charge in [-0.25, -0.2) is 0 Å². The van der Waals surface area contributed by atoms with Crippen LogP contribution in [0.5, 0.6) is 0 Å². The van der Waals surface area contributed by atoms with E-state index < -0.39 is 0 Å². The van der Waals surface area contributed by atoms with Gasteiger partial charge in [0, 0.05) is 25.4 Å². The molecule has 3 rings (SSSR count). The highest BCUT2D eigenvalue weighted by Crippen LogP contribution is 2.27. The first-order chi connectivity index (χ1) is 7.24. The zero-order valence-electron chi connectivity index (χ0n) is 8.34. The highest BCUT2D eigenvalue weighted by molar-refractivity contribution is 14.1. The number of benzene rings is 2. The molecular weight excluding hydrogens is 297 g/mol. The number of aromatic nitrogens is 1. The molecule has 0 unspecified atom stereocenters. The predicted octanol–water partition coefficient (Wildman–Crippen LogP) is 4.23. The molecule has 0 aliphatic rings. The van der Waals surface area contributed by atoms with Crippen LogP contribution in [0.3, 0.4) is 0 Å². The second-order valence-electron chi connectivity index (χ2n) is 3.86. The standard InChI is InChI=1S/C13H10IN/c1-8-2-4-10-11-7-9(14)3-5-12(11)15-13(10)6-8/h2-7,15H,1H3. The van der Waals surface area contributed by atoms with E-state index in [1.807, 2.05) is 0 Å². The van der Waals surface area contributed by atoms with Crippen molar-refractivity contribution in [3.8, 4) is 0 Å². The number of aromatic amines is 1. The third-order valence-corrected chi connectivity index (χ3v) is 3.39. The summed E-state index contributed by atoms with van der Waals surface area (Å²) in [6.07, 6.45) is 0. The lowest BCUT2D eigenvalue weighted by Gasteiger charge is -1.93. The van der Waals surface area contributed by atoms with Crippen LogP contribution < -0.4 is 0 Å². The number of H-pyrrole nitrogens is 1. The van der Waals surface area contributed by atoms with Crippen LogP contribution in [-0.4, -0.2) is 4.98 Å². The number of nitrogens with one attached hydrogen (secondary N) is 1. The summed E-state index contributed by atoms with van der Waals surface area (Å²) in [6, 6.07) is 13.1. The van der Waals surface area contributed by atoms with E-state index in [2.05, 4.69) is 70.9 Å². The van der Waals surface area contributed by atoms with Gasteiger partial charge in [0.15, 0.2) is 0 Å². The molecule has 0 radical (unpaired) electrons. The van der Waals surface area contributed by atoms with Crippen LogP contribution >= 0.6 is 22.6 Å². The second-order valence-corrected chi connectivity index (χ2v) is 5.11. The third kappa shape index (κ3) is 1.44. The Hall–Kier alpha value is -1.03. The van der Waals surface area contributed by atoms with E-state index in [9.17, 15) is 0 Å². The Morgan fingerprint density at radius 3 is 2.67 bits per heavy atom. The summed E-state index contributed by atoms with van der Waals surface area (Å²) in [5.74, 6) is 0. The van der Waals surface area contributed by atoms with Gasteiger partial charge in [0.25, 0.3) is 0 Å². The van der Waals surface area contributed by atoms with E-state index >= 15 is 0 Å². The molecular formula is C13H10IN. The molecule has 74 valence electrons. The molecule has 1 N–H and O–H groups in total. The number of hydrogen-bond donors (Lipinski definition) is 1. The van der Waals surface area contributed by atoms with Gasteiger partial charge in [0.1, 0.15) is 0 Å². The number of fused-ring (bicyclic) bond motifs is 3. The minimum absolute atomic E-state index is 1.22. The molecule has 0 saturated carbocycles. The molecule has 2 heteroatoms. The molecule has 0 saturated heterocycles. The molecule has 0 aliphatic carbocycles. The summed E-state index contributed by atoms with van der Waals surface area (Å²) in [6.45, 7) is 2.12. The van der Waals surface area contributed by atoms with Gasteiger partial charge in [-0.1, -0.05) is 12.1 Å². The highest BCUT2D eigenvalue weighted by Gasteiger charge is 2.03. The lowest BCUT2D eigenvalue weighted by molar-refractivity contribution is 1.47. The van der Waals surface area contributed by atoms with Crippen molar-refractivity contribution in [2.75, 3.05) is 0 Å². The zero-order chi connectivity index (χ0) is 10.4. The van der Waals surface area contributed by atoms with E-state index in [1.54, 1.807) is 0 Å². The summed E-state index contributed by atoms with van der Waals surface area (Å²) >= 11 is 2.35. The Kier molecular flexibility index (Phi) is 1.99. The Bertz CT molecular complexity index is 652. The molecule has 0 amide bonds. The molecule has 0 aliphatic heterocycles. The fourth-order valence-corrected chi connectivity index (χ4v) is 2.48. The summed E-state index contributed by atoms with van der Waals surface area (Å²) < 4.78 is 1.28. The number of hydrogen-bond acceptors (Lipinski definition) is 0. The van der Waals surface area contributed by atoms with Crippen molar-refractivity contribution in [1.82, 2.24) is 4.98 Å². The largest absolute Gasteiger partial charge is 0.355 e. The average molecular weight is 307 g/mol. The molecule has 1 aromatic heterocycles. The first kappa shape index (κ1) is 9.21. The molecule has 15 heavy (non-hydrogen) atoms. The summed E-state index contributed by atoms with van der Waals surface area (Å²) in [7, 11) is 0. The fourth-order valence-electron chi connectivity index (χ4n) is 1.99. The van der Waals surface area contributed by atoms with Gasteiger partial charge in [-0.15, -0.1) is 0 Å². The molecule has 2 aromatic carbocycles. The van der Waals surface area contributed by atoms with Crippen molar-refractivity contribution >= 4 is 44.4 Å². The van der Waals surface area contributed by atoms with Crippen molar-refractivity contribution in [2.24, 2.45) is 0 Å². The van der Waals surface area contributed by atoms with Gasteiger partial charge in [-0.2, -0.15) is 0 Å². The first-order valence-corrected chi connectivity index (χ1v) is 5.99. The predicted molar refractivity (Wildman–Crippen MR) is 73.3 cm³/mol. The maximum Gasteiger partial charge on any atom is 0.0467 e. The van der Waals surface area contributed by atoms with Crippen LogP contribution in [0.2, 0.25) is 0 Å². The third-order valence-electron chi connectivity index (χ3n) is 2.72. The quantitative estimate of drug-likeness (QED) is 0.598. The van der Waals surface area contributed by atoms with E-state index in [1.165, 1.54) is 30.9 Å². The van der Waals surface area contributed by atoms with Gasteiger partial charge in [0.2, 0.25) is 0 Å². The maximum atomic E-state index is 3.44. The van der Waals surface area contributed by atoms with Gasteiger partial charge in [0.05, 0.1) is 0 Å². The summed E-state index contributed by atoms with van der Waals surface area (Å²) in [4.78, 5) is 3.44. The monoisotopic (exact) mass is 307 g/mol. The zero-order valence-corrected chi connectivity index (χ0v) is 10.5. The van der Waals surface area contributed by atoms with Gasteiger partial charge >= 0.3 is 0 Å².